The minimum atomic E-state index is -1.13. The lowest BCUT2D eigenvalue weighted by Gasteiger charge is -2.37. The van der Waals surface area contributed by atoms with E-state index < -0.39 is 29.2 Å². The van der Waals surface area contributed by atoms with E-state index in [0.29, 0.717) is 12.8 Å². The van der Waals surface area contributed by atoms with Crippen molar-refractivity contribution in [2.75, 3.05) is 0 Å². The summed E-state index contributed by atoms with van der Waals surface area (Å²) >= 11 is 0. The molecule has 2 unspecified atom stereocenters. The average Bonchev–Trinajstić information content (AvgIpc) is 2.74. The van der Waals surface area contributed by atoms with Crippen molar-refractivity contribution in [3.8, 4) is 0 Å². The summed E-state index contributed by atoms with van der Waals surface area (Å²) < 4.78 is 0. The van der Waals surface area contributed by atoms with Gasteiger partial charge in [-0.25, -0.2) is 0 Å². The van der Waals surface area contributed by atoms with Gasteiger partial charge < -0.3 is 20.4 Å². The summed E-state index contributed by atoms with van der Waals surface area (Å²) in [5.74, 6) is -0.871. The van der Waals surface area contributed by atoms with Crippen molar-refractivity contribution in [2.24, 2.45) is 5.41 Å². The molecular weight excluding hydrogens is 404 g/mol. The number of aliphatic hydroxyl groups is 3. The van der Waals surface area contributed by atoms with Crippen LogP contribution in [0.3, 0.4) is 0 Å². The number of aliphatic hydroxyl groups excluding tert-OH is 2. The highest BCUT2D eigenvalue weighted by Crippen LogP contribution is 2.36. The number of carbonyl (C=O) groups is 1. The smallest absolute Gasteiger partial charge is 0.303 e. The van der Waals surface area contributed by atoms with Gasteiger partial charge in [-0.2, -0.15) is 0 Å². The number of unbranched alkanes of at least 4 members (excludes halogenated alkanes) is 3. The molecule has 0 aliphatic heterocycles. The second-order valence-electron chi connectivity index (χ2n) is 8.99. The molecule has 0 aromatic heterocycles. The molecule has 0 rings (SSSR count). The maximum atomic E-state index is 10.7. The summed E-state index contributed by atoms with van der Waals surface area (Å²) in [6, 6.07) is 0. The van der Waals surface area contributed by atoms with Crippen LogP contribution in [0.25, 0.3) is 0 Å². The van der Waals surface area contributed by atoms with Crippen LogP contribution in [-0.2, 0) is 4.79 Å². The standard InChI is InChI=1S/C23H38O5.C4H10/c1-5-6-11-14-19(24)20(25)15-12-9-7-8-10-13-17-23(4,28)22(2,3)18-16-21(26)27;1-3-4-2/h7-10,12-13,15,17,19-20,24-25,28H,5-6,11,14,16,18H2,1-4H3,(H,26,27);3-4H2,1-2H3/b9-7+,10-8-,15-12+,17-13+;/t19?,20?,23-;/m1./s1. The summed E-state index contributed by atoms with van der Waals surface area (Å²) in [6.07, 6.45) is 18.8. The van der Waals surface area contributed by atoms with E-state index >= 15 is 0 Å². The van der Waals surface area contributed by atoms with E-state index in [1.54, 1.807) is 55.5 Å². The third-order valence-corrected chi connectivity index (χ3v) is 5.62. The molecule has 0 saturated carbocycles. The first-order chi connectivity index (χ1) is 14.9. The quantitative estimate of drug-likeness (QED) is 0.181. The minimum absolute atomic E-state index is 0.0149. The Kier molecular flexibility index (Phi) is 19.1. The van der Waals surface area contributed by atoms with Crippen molar-refractivity contribution in [2.45, 2.75) is 111 Å². The molecule has 0 bridgehead atoms. The lowest BCUT2D eigenvalue weighted by atomic mass is 9.72. The zero-order chi connectivity index (χ0) is 25.0. The number of carboxylic acids is 1. The Labute approximate surface area is 196 Å². The van der Waals surface area contributed by atoms with E-state index in [4.69, 9.17) is 5.11 Å². The molecule has 0 aromatic carbocycles. The van der Waals surface area contributed by atoms with Gasteiger partial charge in [0, 0.05) is 6.42 Å². The molecule has 0 aliphatic rings. The van der Waals surface area contributed by atoms with Crippen molar-refractivity contribution >= 4 is 5.97 Å². The van der Waals surface area contributed by atoms with Crippen molar-refractivity contribution in [1.29, 1.82) is 0 Å². The van der Waals surface area contributed by atoms with Gasteiger partial charge >= 0.3 is 5.97 Å². The molecule has 0 aliphatic carbocycles. The zero-order valence-electron chi connectivity index (χ0n) is 21.1. The Balaban J connectivity index is 0. The topological polar surface area (TPSA) is 98.0 Å². The molecule has 0 fully saturated rings. The molecule has 32 heavy (non-hydrogen) atoms. The fourth-order valence-electron chi connectivity index (χ4n) is 2.48. The maximum absolute atomic E-state index is 10.7. The molecule has 4 N–H and O–H groups in total. The molecule has 0 radical (unpaired) electrons. The molecule has 0 aromatic rings. The Morgan fingerprint density at radius 1 is 0.844 bits per heavy atom. The van der Waals surface area contributed by atoms with Crippen LogP contribution in [0.5, 0.6) is 0 Å². The van der Waals surface area contributed by atoms with Crippen LogP contribution in [0.4, 0.5) is 0 Å². The Morgan fingerprint density at radius 2 is 1.38 bits per heavy atom. The van der Waals surface area contributed by atoms with Gasteiger partial charge in [0.2, 0.25) is 0 Å². The number of rotatable bonds is 15. The van der Waals surface area contributed by atoms with Gasteiger partial charge in [-0.3, -0.25) is 4.79 Å². The molecule has 0 heterocycles. The van der Waals surface area contributed by atoms with Crippen molar-refractivity contribution in [1.82, 2.24) is 0 Å². The van der Waals surface area contributed by atoms with Crippen molar-refractivity contribution in [3.05, 3.63) is 48.6 Å². The van der Waals surface area contributed by atoms with Gasteiger partial charge in [0.1, 0.15) is 0 Å². The lowest BCUT2D eigenvalue weighted by Crippen LogP contribution is -2.40. The number of allylic oxidation sites excluding steroid dienone is 6. The Hall–Kier alpha value is -1.69. The second kappa shape index (κ2) is 18.8. The monoisotopic (exact) mass is 452 g/mol. The summed E-state index contributed by atoms with van der Waals surface area (Å²) in [7, 11) is 0. The van der Waals surface area contributed by atoms with E-state index in [9.17, 15) is 20.1 Å². The predicted octanol–water partition coefficient (Wildman–Crippen LogP) is 5.96. The van der Waals surface area contributed by atoms with E-state index in [-0.39, 0.29) is 6.42 Å². The second-order valence-corrected chi connectivity index (χ2v) is 8.99. The summed E-state index contributed by atoms with van der Waals surface area (Å²) in [4.78, 5) is 10.7. The lowest BCUT2D eigenvalue weighted by molar-refractivity contribution is -0.138. The molecule has 0 amide bonds. The van der Waals surface area contributed by atoms with Crippen molar-refractivity contribution < 1.29 is 25.2 Å². The van der Waals surface area contributed by atoms with Crippen LogP contribution in [0.2, 0.25) is 0 Å². The van der Waals surface area contributed by atoms with Gasteiger partial charge in [-0.15, -0.1) is 0 Å². The van der Waals surface area contributed by atoms with Crippen LogP contribution in [0, 0.1) is 5.41 Å². The number of hydrogen-bond acceptors (Lipinski definition) is 4. The zero-order valence-corrected chi connectivity index (χ0v) is 21.1. The molecule has 5 nitrogen and oxygen atoms in total. The van der Waals surface area contributed by atoms with E-state index in [2.05, 4.69) is 20.8 Å². The fraction of sp³-hybridized carbons (Fsp3) is 0.667. The molecule has 0 saturated heterocycles. The van der Waals surface area contributed by atoms with Crippen LogP contribution in [0.1, 0.15) is 92.9 Å². The first-order valence-electron chi connectivity index (χ1n) is 11.9. The van der Waals surface area contributed by atoms with E-state index in [0.717, 1.165) is 19.3 Å². The molecule has 0 spiro atoms. The molecule has 186 valence electrons. The average molecular weight is 453 g/mol. The summed E-state index contributed by atoms with van der Waals surface area (Å²) in [5, 5.41) is 39.1. The van der Waals surface area contributed by atoms with Gasteiger partial charge in [-0.1, -0.05) is 115 Å². The van der Waals surface area contributed by atoms with Gasteiger partial charge in [0.15, 0.2) is 0 Å². The highest BCUT2D eigenvalue weighted by Gasteiger charge is 2.37. The molecular formula is C27H48O5. The fourth-order valence-corrected chi connectivity index (χ4v) is 2.48. The molecule has 5 heteroatoms. The third-order valence-electron chi connectivity index (χ3n) is 5.62. The largest absolute Gasteiger partial charge is 0.481 e. The number of carboxylic acid groups (broad SMARTS) is 1. The van der Waals surface area contributed by atoms with Gasteiger partial charge in [0.05, 0.1) is 17.8 Å². The maximum Gasteiger partial charge on any atom is 0.303 e. The minimum Gasteiger partial charge on any atom is -0.481 e. The van der Waals surface area contributed by atoms with Crippen LogP contribution in [0.15, 0.2) is 48.6 Å². The summed E-state index contributed by atoms with van der Waals surface area (Å²) in [6.45, 7) is 11.8. The van der Waals surface area contributed by atoms with Crippen LogP contribution < -0.4 is 0 Å². The molecule has 3 atom stereocenters. The number of aliphatic carboxylic acids is 1. The number of hydrogen-bond donors (Lipinski definition) is 4. The first-order valence-corrected chi connectivity index (χ1v) is 11.9. The Bertz CT molecular complexity index is 583. The van der Waals surface area contributed by atoms with Crippen LogP contribution in [-0.4, -0.2) is 44.2 Å². The van der Waals surface area contributed by atoms with Crippen LogP contribution >= 0.6 is 0 Å². The van der Waals surface area contributed by atoms with E-state index in [1.165, 1.54) is 12.8 Å². The third kappa shape index (κ3) is 16.9. The Morgan fingerprint density at radius 3 is 1.88 bits per heavy atom. The highest BCUT2D eigenvalue weighted by molar-refractivity contribution is 5.66. The first kappa shape index (κ1) is 32.5. The summed E-state index contributed by atoms with van der Waals surface area (Å²) in [5.41, 5.74) is -1.70. The van der Waals surface area contributed by atoms with Crippen molar-refractivity contribution in [3.63, 3.8) is 0 Å². The normalized spacial score (nSPS) is 16.4. The van der Waals surface area contributed by atoms with Gasteiger partial charge in [-0.05, 0) is 25.2 Å². The predicted molar refractivity (Wildman–Crippen MR) is 135 cm³/mol. The highest BCUT2D eigenvalue weighted by atomic mass is 16.4. The SMILES string of the molecule is CCCC.CCCCCC(O)C(O)/C=C/C=C/C=C\C=C\[C@@](C)(O)C(C)(C)CCC(=O)O. The van der Waals surface area contributed by atoms with Gasteiger partial charge in [0.25, 0.3) is 0 Å². The van der Waals surface area contributed by atoms with E-state index in [1.807, 2.05) is 13.8 Å².